The van der Waals surface area contributed by atoms with Gasteiger partial charge in [0.2, 0.25) is 0 Å². The molecule has 1 saturated heterocycles. The molecule has 3 saturated carbocycles. The topological polar surface area (TPSA) is 75.2 Å². The number of amides is 1. The second kappa shape index (κ2) is 11.7. The Morgan fingerprint density at radius 1 is 0.911 bits per heavy atom. The predicted octanol–water partition coefficient (Wildman–Crippen LogP) is 7.12. The lowest BCUT2D eigenvalue weighted by atomic mass is 9.43. The van der Waals surface area contributed by atoms with Crippen LogP contribution in [0.4, 0.5) is 0 Å². The number of aromatic nitrogens is 2. The maximum Gasteiger partial charge on any atom is 0.251 e. The molecule has 1 aliphatic heterocycles. The zero-order valence-corrected chi connectivity index (χ0v) is 26.1. The van der Waals surface area contributed by atoms with Crippen molar-refractivity contribution in [1.29, 1.82) is 0 Å². The molecule has 4 fully saturated rings. The van der Waals surface area contributed by atoms with Gasteiger partial charge < -0.3 is 5.32 Å². The van der Waals surface area contributed by atoms with Crippen LogP contribution in [0.1, 0.15) is 61.0 Å². The van der Waals surface area contributed by atoms with E-state index in [-0.39, 0.29) is 17.6 Å². The van der Waals surface area contributed by atoms with E-state index < -0.39 is 6.04 Å². The summed E-state index contributed by atoms with van der Waals surface area (Å²) in [6.45, 7) is 7.76. The van der Waals surface area contributed by atoms with E-state index in [1.165, 1.54) is 6.42 Å². The van der Waals surface area contributed by atoms with E-state index in [2.05, 4.69) is 48.2 Å². The van der Waals surface area contributed by atoms with Crippen LogP contribution in [0.25, 0.3) is 11.1 Å². The minimum absolute atomic E-state index is 0.0168. The summed E-state index contributed by atoms with van der Waals surface area (Å²) < 4.78 is 0. The van der Waals surface area contributed by atoms with Gasteiger partial charge in [0, 0.05) is 48.9 Å². The van der Waals surface area contributed by atoms with Gasteiger partial charge in [-0.25, -0.2) is 0 Å². The van der Waals surface area contributed by atoms with Crippen LogP contribution in [0.2, 0.25) is 0 Å². The van der Waals surface area contributed by atoms with Crippen molar-refractivity contribution in [3.8, 4) is 11.1 Å². The van der Waals surface area contributed by atoms with Gasteiger partial charge in [0.15, 0.2) is 5.78 Å². The number of nitrogens with one attached hydrogen (secondary N) is 1. The van der Waals surface area contributed by atoms with Gasteiger partial charge in [-0.05, 0) is 76.3 Å². The van der Waals surface area contributed by atoms with Crippen LogP contribution < -0.4 is 5.32 Å². The van der Waals surface area contributed by atoms with Gasteiger partial charge in [0.05, 0.1) is 0 Å². The Bertz CT molecular complexity index is 1660. The Balaban J connectivity index is 1.22. The minimum atomic E-state index is -0.595. The van der Waals surface area contributed by atoms with Crippen LogP contribution in [-0.2, 0) is 4.79 Å². The average Bonchev–Trinajstić information content (AvgIpc) is 3.36. The largest absolute Gasteiger partial charge is 0.359 e. The Kier molecular flexibility index (Phi) is 7.60. The number of nitrogens with zero attached hydrogens (tertiary/aromatic N) is 3. The normalized spacial score (nSPS) is 26.0. The van der Waals surface area contributed by atoms with Crippen LogP contribution >= 0.6 is 0 Å². The van der Waals surface area contributed by atoms with Crippen molar-refractivity contribution in [2.75, 3.05) is 6.54 Å². The van der Waals surface area contributed by atoms with E-state index in [0.717, 1.165) is 28.7 Å². The highest BCUT2D eigenvalue weighted by Crippen LogP contribution is 2.63. The summed E-state index contributed by atoms with van der Waals surface area (Å²) in [5.74, 6) is 2.35. The van der Waals surface area contributed by atoms with Crippen molar-refractivity contribution in [3.63, 3.8) is 0 Å². The highest BCUT2D eigenvalue weighted by Gasteiger charge is 2.57. The van der Waals surface area contributed by atoms with E-state index >= 15 is 0 Å². The fraction of sp³-hybridized carbons (Fsp3) is 0.333. The van der Waals surface area contributed by atoms with E-state index in [1.807, 2.05) is 84.0 Å². The number of carbonyl (C=O) groups excluding carboxylic acids is 2. The molecule has 8 rings (SSSR count). The first-order valence-corrected chi connectivity index (χ1v) is 16.1. The fourth-order valence-corrected chi connectivity index (χ4v) is 8.21. The number of ketones is 1. The van der Waals surface area contributed by atoms with Gasteiger partial charge >= 0.3 is 0 Å². The smallest absolute Gasteiger partial charge is 0.251 e. The lowest BCUT2D eigenvalue weighted by Crippen LogP contribution is -2.56. The lowest BCUT2D eigenvalue weighted by molar-refractivity contribution is -0.140. The second-order valence-corrected chi connectivity index (χ2v) is 13.7. The molecule has 2 aromatic carbocycles. The number of carbonyl (C=O) groups is 2. The summed E-state index contributed by atoms with van der Waals surface area (Å²) in [5.41, 5.74) is 4.96. The van der Waals surface area contributed by atoms with Gasteiger partial charge in [-0.3, -0.25) is 24.5 Å². The molecular weight excluding hydrogens is 556 g/mol. The molecule has 2 bridgehead atoms. The first-order chi connectivity index (χ1) is 21.8. The quantitative estimate of drug-likeness (QED) is 0.173. The number of benzene rings is 2. The van der Waals surface area contributed by atoms with Crippen molar-refractivity contribution < 1.29 is 9.59 Å². The monoisotopic (exact) mass is 596 g/mol. The highest BCUT2D eigenvalue weighted by molar-refractivity contribution is 6.06. The molecule has 5 atom stereocenters. The summed E-state index contributed by atoms with van der Waals surface area (Å²) in [7, 11) is 0. The molecular formula is C39H40N4O2. The standard InChI is InChI=1S/C39H40N4O2/c1-25-31(19-32-20-33(25)39(32,2)3)24-43-35(21-34(44)28-15-13-27(14-16-28)26-9-5-4-6-10-26)42-37(38(43)45)36(29-11-7-17-40-22-29)30-12-8-18-41-23-30/h4-18,21-23,25,31-33,36-37,42H,19-20,24H2,1-3H3. The fourth-order valence-electron chi connectivity index (χ4n) is 8.21. The molecule has 6 nitrogen and oxygen atoms in total. The summed E-state index contributed by atoms with van der Waals surface area (Å²) in [5, 5.41) is 3.53. The molecule has 6 heteroatoms. The van der Waals surface area contributed by atoms with Gasteiger partial charge in [0.25, 0.3) is 5.91 Å². The summed E-state index contributed by atoms with van der Waals surface area (Å²) in [6.07, 6.45) is 11.1. The number of hydrogen-bond donors (Lipinski definition) is 1. The van der Waals surface area contributed by atoms with Gasteiger partial charge in [-0.2, -0.15) is 0 Å². The molecule has 2 aromatic heterocycles. The van der Waals surface area contributed by atoms with Crippen molar-refractivity contribution >= 4 is 11.7 Å². The first kappa shape index (κ1) is 29.1. The van der Waals surface area contributed by atoms with E-state index in [1.54, 1.807) is 18.5 Å². The number of fused-ring (bicyclic) bond motifs is 2. The number of rotatable bonds is 8. The molecule has 45 heavy (non-hydrogen) atoms. The lowest BCUT2D eigenvalue weighted by Gasteiger charge is -2.62. The zero-order valence-electron chi connectivity index (χ0n) is 26.1. The zero-order chi connectivity index (χ0) is 31.1. The van der Waals surface area contributed by atoms with Gasteiger partial charge in [0.1, 0.15) is 11.9 Å². The highest BCUT2D eigenvalue weighted by atomic mass is 16.2. The van der Waals surface area contributed by atoms with E-state index in [4.69, 9.17) is 0 Å². The Labute approximate surface area is 265 Å². The van der Waals surface area contributed by atoms with E-state index in [0.29, 0.717) is 47.0 Å². The number of hydrogen-bond acceptors (Lipinski definition) is 5. The average molecular weight is 597 g/mol. The molecule has 3 heterocycles. The Hall–Kier alpha value is -4.58. The first-order valence-electron chi connectivity index (χ1n) is 16.1. The minimum Gasteiger partial charge on any atom is -0.359 e. The third-order valence-electron chi connectivity index (χ3n) is 11.0. The van der Waals surface area contributed by atoms with Gasteiger partial charge in [-0.15, -0.1) is 0 Å². The summed E-state index contributed by atoms with van der Waals surface area (Å²) in [6, 6.07) is 25.0. The molecule has 5 unspecified atom stereocenters. The molecule has 0 radical (unpaired) electrons. The molecule has 1 amide bonds. The predicted molar refractivity (Wildman–Crippen MR) is 176 cm³/mol. The SMILES string of the molecule is CC1C(CN2C(=O)C(C(c3cccnc3)c3cccnc3)NC2=CC(=O)c2ccc(-c3ccccc3)cc2)CC2CC1C2(C)C. The van der Waals surface area contributed by atoms with Crippen LogP contribution in [-0.4, -0.2) is 39.1 Å². The van der Waals surface area contributed by atoms with Crippen LogP contribution in [0, 0.1) is 29.1 Å². The Morgan fingerprint density at radius 2 is 1.56 bits per heavy atom. The van der Waals surface area contributed by atoms with Crippen molar-refractivity contribution in [2.24, 2.45) is 29.1 Å². The second-order valence-electron chi connectivity index (χ2n) is 13.7. The molecule has 1 N–H and O–H groups in total. The van der Waals surface area contributed by atoms with E-state index in [9.17, 15) is 9.59 Å². The maximum atomic E-state index is 14.5. The number of pyridine rings is 2. The third-order valence-corrected chi connectivity index (χ3v) is 11.0. The van der Waals surface area contributed by atoms with Crippen molar-refractivity contribution in [2.45, 2.75) is 45.6 Å². The molecule has 4 aromatic rings. The maximum absolute atomic E-state index is 14.5. The summed E-state index contributed by atoms with van der Waals surface area (Å²) in [4.78, 5) is 38.8. The van der Waals surface area contributed by atoms with Crippen LogP contribution in [0.15, 0.2) is 116 Å². The molecule has 0 spiro atoms. The van der Waals surface area contributed by atoms with Gasteiger partial charge in [-0.1, -0.05) is 87.5 Å². The third kappa shape index (κ3) is 5.37. The molecule has 228 valence electrons. The number of allylic oxidation sites excluding steroid dienone is 1. The Morgan fingerprint density at radius 3 is 2.13 bits per heavy atom. The van der Waals surface area contributed by atoms with Crippen molar-refractivity contribution in [1.82, 2.24) is 20.2 Å². The van der Waals surface area contributed by atoms with Crippen molar-refractivity contribution in [3.05, 3.63) is 132 Å². The summed E-state index contributed by atoms with van der Waals surface area (Å²) >= 11 is 0. The van der Waals surface area contributed by atoms with Crippen LogP contribution in [0.5, 0.6) is 0 Å². The molecule has 4 aliphatic rings. The van der Waals surface area contributed by atoms with Crippen LogP contribution in [0.3, 0.4) is 0 Å². The molecule has 3 aliphatic carbocycles.